The molecule has 9 heteroatoms. The minimum atomic E-state index is -0.111. The number of benzene rings is 2. The van der Waals surface area contributed by atoms with Crippen LogP contribution in [0.5, 0.6) is 5.75 Å². The highest BCUT2D eigenvalue weighted by Crippen LogP contribution is 2.36. The number of piperazine rings is 2. The molecule has 0 radical (unpaired) electrons. The molecular weight excluding hydrogens is 444 g/mol. The second kappa shape index (κ2) is 10.1. The van der Waals surface area contributed by atoms with E-state index in [1.165, 1.54) is 0 Å². The maximum atomic E-state index is 12.9. The molecular formula is C26H40N6O3+2. The van der Waals surface area contributed by atoms with Gasteiger partial charge in [-0.3, -0.25) is 19.4 Å². The van der Waals surface area contributed by atoms with Crippen molar-refractivity contribution in [2.24, 2.45) is 0 Å². The number of phenolic OH excluding ortho intramolecular Hbond substituents is 1. The molecule has 0 saturated carbocycles. The second-order valence-electron chi connectivity index (χ2n) is 11.0. The van der Waals surface area contributed by atoms with Crippen molar-refractivity contribution in [3.63, 3.8) is 0 Å². The molecule has 9 nitrogen and oxygen atoms in total. The van der Waals surface area contributed by atoms with E-state index in [2.05, 4.69) is 48.6 Å². The van der Waals surface area contributed by atoms with Gasteiger partial charge in [0.15, 0.2) is 13.1 Å². The van der Waals surface area contributed by atoms with Crippen molar-refractivity contribution in [2.45, 2.75) is 0 Å². The topological polar surface area (TPSA) is 84.9 Å². The fraction of sp³-hybridized carbons (Fsp3) is 0.538. The van der Waals surface area contributed by atoms with E-state index in [1.807, 2.05) is 18.2 Å². The smallest absolute Gasteiger partial charge is 0.279 e. The molecule has 2 aromatic rings. The Labute approximate surface area is 208 Å². The molecule has 2 aliphatic heterocycles. The van der Waals surface area contributed by atoms with E-state index < -0.39 is 0 Å². The van der Waals surface area contributed by atoms with E-state index in [0.717, 1.165) is 62.2 Å². The minimum absolute atomic E-state index is 0.0195. The van der Waals surface area contributed by atoms with Crippen LogP contribution in [0, 0.1) is 0 Å². The van der Waals surface area contributed by atoms with Crippen molar-refractivity contribution in [3.05, 3.63) is 30.3 Å². The summed E-state index contributed by atoms with van der Waals surface area (Å²) in [5.41, 5.74) is 1.05. The Kier molecular flexibility index (Phi) is 7.32. The predicted octanol–water partition coefficient (Wildman–Crippen LogP) is 1.21. The Morgan fingerprint density at radius 1 is 0.771 bits per heavy atom. The van der Waals surface area contributed by atoms with Crippen LogP contribution < -0.4 is 10.6 Å². The molecule has 2 amide bonds. The summed E-state index contributed by atoms with van der Waals surface area (Å²) in [6, 6.07) is 9.02. The number of rotatable bonds is 6. The number of aromatic hydroxyl groups is 1. The zero-order valence-electron chi connectivity index (χ0n) is 21.5. The molecule has 0 aliphatic carbocycles. The molecule has 0 spiro atoms. The lowest BCUT2D eigenvalue weighted by Gasteiger charge is -2.40. The molecule has 2 saturated heterocycles. The zero-order valence-corrected chi connectivity index (χ0v) is 21.5. The summed E-state index contributed by atoms with van der Waals surface area (Å²) in [4.78, 5) is 30.2. The van der Waals surface area contributed by atoms with E-state index in [0.29, 0.717) is 34.3 Å². The van der Waals surface area contributed by atoms with Crippen molar-refractivity contribution < 1.29 is 23.7 Å². The molecule has 0 aromatic heterocycles. The predicted molar refractivity (Wildman–Crippen MR) is 139 cm³/mol. The lowest BCUT2D eigenvalue weighted by molar-refractivity contribution is -0.905. The number of amides is 2. The highest BCUT2D eigenvalue weighted by molar-refractivity contribution is 6.07. The number of anilines is 2. The third-order valence-corrected chi connectivity index (χ3v) is 7.72. The molecule has 0 unspecified atom stereocenters. The third-order valence-electron chi connectivity index (χ3n) is 7.72. The van der Waals surface area contributed by atoms with Crippen LogP contribution in [0.25, 0.3) is 10.8 Å². The van der Waals surface area contributed by atoms with Gasteiger partial charge in [-0.05, 0) is 32.3 Å². The Balaban J connectivity index is 1.44. The largest absolute Gasteiger partial charge is 0.505 e. The number of nitrogens with one attached hydrogen (secondary N) is 2. The van der Waals surface area contributed by atoms with Gasteiger partial charge in [0.25, 0.3) is 11.8 Å². The summed E-state index contributed by atoms with van der Waals surface area (Å²) in [7, 11) is 8.44. The van der Waals surface area contributed by atoms with E-state index in [9.17, 15) is 14.7 Å². The number of quaternary nitrogens is 2. The Hall–Kier alpha value is -2.72. The number of phenols is 1. The summed E-state index contributed by atoms with van der Waals surface area (Å²) in [6.07, 6.45) is 0. The molecule has 0 bridgehead atoms. The van der Waals surface area contributed by atoms with Gasteiger partial charge in [-0.1, -0.05) is 12.1 Å². The molecule has 0 atom stereocenters. The first-order valence-corrected chi connectivity index (χ1v) is 12.4. The van der Waals surface area contributed by atoms with E-state index in [4.69, 9.17) is 0 Å². The molecule has 35 heavy (non-hydrogen) atoms. The lowest BCUT2D eigenvalue weighted by atomic mass is 10.1. The van der Waals surface area contributed by atoms with Crippen LogP contribution in [-0.4, -0.2) is 129 Å². The number of hydrogen-bond acceptors (Lipinski definition) is 5. The van der Waals surface area contributed by atoms with Gasteiger partial charge in [0.05, 0.1) is 46.0 Å². The maximum Gasteiger partial charge on any atom is 0.279 e. The van der Waals surface area contributed by atoms with Gasteiger partial charge < -0.3 is 24.7 Å². The van der Waals surface area contributed by atoms with Crippen LogP contribution in [0.15, 0.2) is 30.3 Å². The summed E-state index contributed by atoms with van der Waals surface area (Å²) in [6.45, 7) is 8.41. The van der Waals surface area contributed by atoms with Crippen LogP contribution in [0.1, 0.15) is 0 Å². The van der Waals surface area contributed by atoms with Crippen LogP contribution in [0.2, 0.25) is 0 Å². The van der Waals surface area contributed by atoms with Gasteiger partial charge in [0, 0.05) is 42.6 Å². The van der Waals surface area contributed by atoms with Crippen molar-refractivity contribution >= 4 is 34.0 Å². The summed E-state index contributed by atoms with van der Waals surface area (Å²) >= 11 is 0. The highest BCUT2D eigenvalue weighted by atomic mass is 16.3. The van der Waals surface area contributed by atoms with Crippen LogP contribution in [0.4, 0.5) is 11.4 Å². The minimum Gasteiger partial charge on any atom is -0.505 e. The number of likely N-dealkylation sites (N-methyl/N-ethyl adjacent to an activating group) is 4. The van der Waals surface area contributed by atoms with Gasteiger partial charge in [-0.25, -0.2) is 0 Å². The molecule has 3 N–H and O–H groups in total. The Bertz CT molecular complexity index is 1090. The van der Waals surface area contributed by atoms with Crippen LogP contribution >= 0.6 is 0 Å². The van der Waals surface area contributed by atoms with Crippen molar-refractivity contribution in [1.82, 2.24) is 9.80 Å². The lowest BCUT2D eigenvalue weighted by Crippen LogP contribution is -2.58. The van der Waals surface area contributed by atoms with E-state index in [-0.39, 0.29) is 17.6 Å². The Morgan fingerprint density at radius 3 is 1.77 bits per heavy atom. The van der Waals surface area contributed by atoms with Crippen molar-refractivity contribution in [1.29, 1.82) is 0 Å². The normalized spacial score (nSPS) is 20.5. The fourth-order valence-corrected chi connectivity index (χ4v) is 5.04. The van der Waals surface area contributed by atoms with Crippen LogP contribution in [0.3, 0.4) is 0 Å². The molecule has 2 heterocycles. The highest BCUT2D eigenvalue weighted by Gasteiger charge is 2.31. The molecule has 4 rings (SSSR count). The molecule has 2 aromatic carbocycles. The van der Waals surface area contributed by atoms with Gasteiger partial charge in [-0.2, -0.15) is 0 Å². The average molecular weight is 485 g/mol. The first kappa shape index (κ1) is 25.4. The summed E-state index contributed by atoms with van der Waals surface area (Å²) in [5, 5.41) is 18.2. The fourth-order valence-electron chi connectivity index (χ4n) is 5.04. The first-order chi connectivity index (χ1) is 16.6. The summed E-state index contributed by atoms with van der Waals surface area (Å²) < 4.78 is 1.41. The maximum absolute atomic E-state index is 12.9. The number of fused-ring (bicyclic) bond motifs is 1. The van der Waals surface area contributed by atoms with Crippen molar-refractivity contribution in [3.8, 4) is 5.75 Å². The second-order valence-corrected chi connectivity index (χ2v) is 11.0. The number of carbonyl (C=O) groups is 2. The summed E-state index contributed by atoms with van der Waals surface area (Å²) in [5.74, 6) is -0.128. The standard InChI is InChI=1S/C26H38N6O3/c1-29-10-14-31(3,15-11-29)18-24(33)27-22-7-5-6-21-20(22)8-9-23(26(21)35)28-25(34)19-32(4)16-12-30(2)13-17-32/h5-9H,10-19H2,1-4H3,(H-2,27,28,33,34,35)/p+2. The number of hydrogen-bond donors (Lipinski definition) is 3. The SMILES string of the molecule is CN1CC[N+](C)(CC(=O)Nc2ccc3c(NC(=O)C[N+]4(C)CCN(C)CC4)cccc3c2O)CC1. The zero-order chi connectivity index (χ0) is 25.2. The van der Waals surface area contributed by atoms with E-state index >= 15 is 0 Å². The van der Waals surface area contributed by atoms with Gasteiger partial charge in [0.1, 0.15) is 5.75 Å². The average Bonchev–Trinajstić information content (AvgIpc) is 2.80. The molecule has 190 valence electrons. The molecule has 2 aliphatic rings. The van der Waals surface area contributed by atoms with Crippen LogP contribution in [-0.2, 0) is 9.59 Å². The number of carbonyl (C=O) groups excluding carboxylic acids is 2. The van der Waals surface area contributed by atoms with Gasteiger partial charge in [-0.15, -0.1) is 0 Å². The van der Waals surface area contributed by atoms with Crippen molar-refractivity contribution in [2.75, 3.05) is 104 Å². The third kappa shape index (κ3) is 6.10. The molecule has 2 fully saturated rings. The van der Waals surface area contributed by atoms with Gasteiger partial charge in [0.2, 0.25) is 0 Å². The van der Waals surface area contributed by atoms with E-state index in [1.54, 1.807) is 12.1 Å². The number of nitrogens with zero attached hydrogens (tertiary/aromatic N) is 4. The van der Waals surface area contributed by atoms with Gasteiger partial charge >= 0.3 is 0 Å². The first-order valence-electron chi connectivity index (χ1n) is 12.4. The monoisotopic (exact) mass is 484 g/mol. The quantitative estimate of drug-likeness (QED) is 0.424. The Morgan fingerprint density at radius 2 is 1.26 bits per heavy atom.